The summed E-state index contributed by atoms with van der Waals surface area (Å²) in [6.07, 6.45) is 3.63. The van der Waals surface area contributed by atoms with Crippen LogP contribution >= 0.6 is 12.4 Å². The zero-order valence-electron chi connectivity index (χ0n) is 24.3. The number of hydrogen-bond acceptors (Lipinski definition) is 7. The number of anilines is 1. The van der Waals surface area contributed by atoms with Gasteiger partial charge in [-0.05, 0) is 109 Å². The quantitative estimate of drug-likeness (QED) is 0.174. The number of amides is 2. The third-order valence-corrected chi connectivity index (χ3v) is 8.12. The van der Waals surface area contributed by atoms with Crippen LogP contribution in [0, 0.1) is 18.8 Å². The van der Waals surface area contributed by atoms with Gasteiger partial charge in [0.25, 0.3) is 0 Å². The fourth-order valence-corrected chi connectivity index (χ4v) is 5.55. The van der Waals surface area contributed by atoms with E-state index in [1.807, 2.05) is 31.2 Å². The highest BCUT2D eigenvalue weighted by Gasteiger charge is 2.29. The third kappa shape index (κ3) is 7.86. The van der Waals surface area contributed by atoms with E-state index in [2.05, 4.69) is 31.3 Å². The molecule has 1 aliphatic rings. The van der Waals surface area contributed by atoms with Gasteiger partial charge in [0, 0.05) is 23.6 Å². The lowest BCUT2D eigenvalue weighted by atomic mass is 9.81. The van der Waals surface area contributed by atoms with Gasteiger partial charge < -0.3 is 21.5 Å². The topological polar surface area (TPSA) is 176 Å². The molecule has 1 fully saturated rings. The molecule has 5 rings (SSSR count). The van der Waals surface area contributed by atoms with Crippen LogP contribution in [0.4, 0.5) is 5.69 Å². The number of nitrogens with zero attached hydrogens (tertiary/aromatic N) is 3. The molecule has 1 aromatic heterocycles. The summed E-state index contributed by atoms with van der Waals surface area (Å²) in [7, 11) is 0. The Morgan fingerprint density at radius 2 is 1.66 bits per heavy atom. The van der Waals surface area contributed by atoms with Gasteiger partial charge >= 0.3 is 5.97 Å². The Bertz CT molecular complexity index is 1570. The highest BCUT2D eigenvalue weighted by Crippen LogP contribution is 2.29. The van der Waals surface area contributed by atoms with E-state index in [0.29, 0.717) is 30.4 Å². The van der Waals surface area contributed by atoms with Crippen molar-refractivity contribution in [1.82, 2.24) is 25.9 Å². The molecule has 4 aromatic rings. The molecule has 0 spiro atoms. The molecule has 230 valence electrons. The lowest BCUT2D eigenvalue weighted by Crippen LogP contribution is -2.48. The zero-order valence-corrected chi connectivity index (χ0v) is 25.1. The molecule has 1 aliphatic carbocycles. The molecule has 1 saturated carbocycles. The summed E-state index contributed by atoms with van der Waals surface area (Å²) in [5, 5.41) is 29.2. The summed E-state index contributed by atoms with van der Waals surface area (Å²) < 4.78 is 0. The second-order valence-corrected chi connectivity index (χ2v) is 11.1. The lowest BCUT2D eigenvalue weighted by molar-refractivity contribution is -0.130. The summed E-state index contributed by atoms with van der Waals surface area (Å²) >= 11 is 0. The number of halogens is 1. The van der Waals surface area contributed by atoms with Gasteiger partial charge in [-0.3, -0.25) is 9.59 Å². The maximum atomic E-state index is 13.5. The number of nitrogens with one attached hydrogen (secondary N) is 3. The maximum Gasteiger partial charge on any atom is 0.335 e. The number of aromatic amines is 1. The summed E-state index contributed by atoms with van der Waals surface area (Å²) in [6, 6.07) is 19.1. The van der Waals surface area contributed by atoms with E-state index in [-0.39, 0.29) is 35.7 Å². The molecule has 12 heteroatoms. The predicted molar refractivity (Wildman–Crippen MR) is 169 cm³/mol. The largest absolute Gasteiger partial charge is 0.478 e. The second-order valence-electron chi connectivity index (χ2n) is 11.1. The van der Waals surface area contributed by atoms with Gasteiger partial charge in [0.15, 0.2) is 0 Å². The normalized spacial score (nSPS) is 16.8. The molecule has 2 amide bonds. The molecule has 0 aliphatic heterocycles. The molecule has 0 unspecified atom stereocenters. The number of hydrogen-bond donors (Lipinski definition) is 5. The zero-order chi connectivity index (χ0) is 30.3. The fourth-order valence-electron chi connectivity index (χ4n) is 5.55. The van der Waals surface area contributed by atoms with Crippen molar-refractivity contribution >= 4 is 35.9 Å². The number of aryl methyl sites for hydroxylation is 1. The highest BCUT2D eigenvalue weighted by atomic mass is 35.5. The number of nitrogens with two attached hydrogens (primary N) is 1. The smallest absolute Gasteiger partial charge is 0.335 e. The van der Waals surface area contributed by atoms with Crippen molar-refractivity contribution in [3.8, 4) is 22.5 Å². The van der Waals surface area contributed by atoms with E-state index in [1.54, 1.807) is 42.5 Å². The number of tetrazole rings is 1. The van der Waals surface area contributed by atoms with Crippen molar-refractivity contribution in [2.75, 3.05) is 11.9 Å². The molecular formula is C32H36ClN7O4. The van der Waals surface area contributed by atoms with Crippen LogP contribution in [0.15, 0.2) is 66.7 Å². The monoisotopic (exact) mass is 617 g/mol. The number of aromatic nitrogens is 4. The van der Waals surface area contributed by atoms with Crippen LogP contribution < -0.4 is 16.4 Å². The molecule has 6 N–H and O–H groups in total. The molecular weight excluding hydrogens is 582 g/mol. The van der Waals surface area contributed by atoms with Crippen LogP contribution in [0.3, 0.4) is 0 Å². The number of aromatic carboxylic acids is 1. The number of H-pyrrole nitrogens is 1. The molecule has 1 heterocycles. The first-order valence-electron chi connectivity index (χ1n) is 14.4. The second kappa shape index (κ2) is 14.7. The number of carboxylic acid groups (broad SMARTS) is 1. The predicted octanol–water partition coefficient (Wildman–Crippen LogP) is 4.39. The Morgan fingerprint density at radius 3 is 2.25 bits per heavy atom. The minimum Gasteiger partial charge on any atom is -0.478 e. The standard InChI is InChI=1S/C32H35N7O4.ClH/c1-19-16-25(32(42)43)12-15-27(19)22-6-2-20(3-7-22)17-28(35-30(40)24-8-4-21(18-33)5-9-24)31(41)34-26-13-10-23(11-14-26)29-36-38-39-37-29;/h2-3,6-7,10-16,21,24,28H,4-5,8-9,17-18,33H2,1H3,(H,34,41)(H,35,40)(H,42,43)(H,36,37,38,39);1H/t21?,24?,28-;/m0./s1. The highest BCUT2D eigenvalue weighted by molar-refractivity contribution is 5.98. The SMILES string of the molecule is Cc1cc(C(=O)O)ccc1-c1ccc(C[C@H](NC(=O)C2CCC(CN)CC2)C(=O)Nc2ccc(-c3nn[nH]n3)cc2)cc1.Cl. The summed E-state index contributed by atoms with van der Waals surface area (Å²) in [5.74, 6) is -0.655. The van der Waals surface area contributed by atoms with Crippen molar-refractivity contribution in [3.63, 3.8) is 0 Å². The lowest BCUT2D eigenvalue weighted by Gasteiger charge is -2.28. The van der Waals surface area contributed by atoms with E-state index in [9.17, 15) is 19.5 Å². The number of rotatable bonds is 10. The Balaban J connectivity index is 0.00000442. The molecule has 3 aromatic carbocycles. The van der Waals surface area contributed by atoms with Crippen LogP contribution in [0.1, 0.15) is 47.2 Å². The summed E-state index contributed by atoms with van der Waals surface area (Å²) in [5.41, 5.74) is 11.0. The first-order valence-corrected chi connectivity index (χ1v) is 14.4. The van der Waals surface area contributed by atoms with Gasteiger partial charge in [-0.1, -0.05) is 30.3 Å². The van der Waals surface area contributed by atoms with Crippen LogP contribution in [-0.2, 0) is 16.0 Å². The first kappa shape index (κ1) is 32.3. The van der Waals surface area contributed by atoms with Crippen molar-refractivity contribution in [1.29, 1.82) is 0 Å². The molecule has 0 radical (unpaired) electrons. The fraction of sp³-hybridized carbons (Fsp3) is 0.312. The van der Waals surface area contributed by atoms with Gasteiger partial charge in [-0.25, -0.2) is 4.79 Å². The molecule has 11 nitrogen and oxygen atoms in total. The third-order valence-electron chi connectivity index (χ3n) is 8.12. The number of carbonyl (C=O) groups is 3. The van der Waals surface area contributed by atoms with E-state index in [4.69, 9.17) is 5.73 Å². The van der Waals surface area contributed by atoms with Crippen LogP contribution in [0.25, 0.3) is 22.5 Å². The first-order chi connectivity index (χ1) is 20.8. The van der Waals surface area contributed by atoms with Gasteiger partial charge in [0.05, 0.1) is 5.56 Å². The Hall–Kier alpha value is -4.61. The van der Waals surface area contributed by atoms with Crippen LogP contribution in [0.5, 0.6) is 0 Å². The van der Waals surface area contributed by atoms with Crippen molar-refractivity contribution < 1.29 is 19.5 Å². The average molecular weight is 618 g/mol. The van der Waals surface area contributed by atoms with Crippen molar-refractivity contribution in [3.05, 3.63) is 83.4 Å². The molecule has 44 heavy (non-hydrogen) atoms. The summed E-state index contributed by atoms with van der Waals surface area (Å²) in [6.45, 7) is 2.51. The van der Waals surface area contributed by atoms with Crippen LogP contribution in [-0.4, -0.2) is 56.1 Å². The molecule has 0 saturated heterocycles. The number of benzene rings is 3. The Kier molecular flexibility index (Phi) is 10.8. The van der Waals surface area contributed by atoms with E-state index < -0.39 is 12.0 Å². The maximum absolute atomic E-state index is 13.5. The number of carbonyl (C=O) groups excluding carboxylic acids is 2. The van der Waals surface area contributed by atoms with Gasteiger partial charge in [0.2, 0.25) is 17.6 Å². The van der Waals surface area contributed by atoms with E-state index in [0.717, 1.165) is 53.5 Å². The van der Waals surface area contributed by atoms with E-state index >= 15 is 0 Å². The minimum atomic E-state index is -0.966. The summed E-state index contributed by atoms with van der Waals surface area (Å²) in [4.78, 5) is 38.1. The van der Waals surface area contributed by atoms with Crippen molar-refractivity contribution in [2.24, 2.45) is 17.6 Å². The van der Waals surface area contributed by atoms with Gasteiger partial charge in [0.1, 0.15) is 6.04 Å². The Labute approximate surface area is 261 Å². The van der Waals surface area contributed by atoms with Crippen molar-refractivity contribution in [2.45, 2.75) is 45.1 Å². The molecule has 0 bridgehead atoms. The number of carboxylic acids is 1. The van der Waals surface area contributed by atoms with Gasteiger partial charge in [-0.15, -0.1) is 22.6 Å². The Morgan fingerprint density at radius 1 is 0.977 bits per heavy atom. The minimum absolute atomic E-state index is 0. The van der Waals surface area contributed by atoms with Crippen LogP contribution in [0.2, 0.25) is 0 Å². The molecule has 1 atom stereocenters. The van der Waals surface area contributed by atoms with Gasteiger partial charge in [-0.2, -0.15) is 5.21 Å². The average Bonchev–Trinajstić information content (AvgIpc) is 3.57. The van der Waals surface area contributed by atoms with E-state index in [1.165, 1.54) is 0 Å².